The SMILES string of the molecule is CCCCNC(=O)N(CCC#N)/N=C/c1ccc(Cl)cc1. The molecule has 1 aromatic rings. The Labute approximate surface area is 130 Å². The zero-order valence-electron chi connectivity index (χ0n) is 12.1. The van der Waals surface area contributed by atoms with Gasteiger partial charge in [-0.3, -0.25) is 0 Å². The molecule has 0 unspecified atom stereocenters. The van der Waals surface area contributed by atoms with Crippen molar-refractivity contribution in [2.24, 2.45) is 5.10 Å². The van der Waals surface area contributed by atoms with Crippen molar-refractivity contribution in [2.45, 2.75) is 26.2 Å². The molecule has 0 saturated heterocycles. The van der Waals surface area contributed by atoms with Crippen molar-refractivity contribution in [3.63, 3.8) is 0 Å². The number of halogens is 1. The predicted octanol–water partition coefficient (Wildman–Crippen LogP) is 3.40. The highest BCUT2D eigenvalue weighted by atomic mass is 35.5. The Hall–Kier alpha value is -2.06. The first-order chi connectivity index (χ1) is 10.2. The lowest BCUT2D eigenvalue weighted by Crippen LogP contribution is -2.37. The summed E-state index contributed by atoms with van der Waals surface area (Å²) in [6, 6.07) is 8.85. The summed E-state index contributed by atoms with van der Waals surface area (Å²) >= 11 is 5.81. The van der Waals surface area contributed by atoms with Gasteiger partial charge in [0.1, 0.15) is 0 Å². The third-order valence-corrected chi connectivity index (χ3v) is 2.94. The Morgan fingerprint density at radius 2 is 2.19 bits per heavy atom. The molecular formula is C15H19ClN4O. The number of amides is 2. The largest absolute Gasteiger partial charge is 0.337 e. The van der Waals surface area contributed by atoms with E-state index >= 15 is 0 Å². The fourth-order valence-corrected chi connectivity index (χ4v) is 1.64. The zero-order chi connectivity index (χ0) is 15.5. The zero-order valence-corrected chi connectivity index (χ0v) is 12.8. The molecule has 2 amide bonds. The molecule has 21 heavy (non-hydrogen) atoms. The fraction of sp³-hybridized carbons (Fsp3) is 0.400. The van der Waals surface area contributed by atoms with Crippen molar-refractivity contribution in [1.29, 1.82) is 5.26 Å². The van der Waals surface area contributed by atoms with Crippen LogP contribution < -0.4 is 5.32 Å². The number of carbonyl (C=O) groups is 1. The number of carbonyl (C=O) groups excluding carboxylic acids is 1. The van der Waals surface area contributed by atoms with Gasteiger partial charge < -0.3 is 5.32 Å². The molecule has 112 valence electrons. The van der Waals surface area contributed by atoms with Gasteiger partial charge in [-0.05, 0) is 24.1 Å². The second-order valence-corrected chi connectivity index (χ2v) is 4.85. The minimum absolute atomic E-state index is 0.235. The van der Waals surface area contributed by atoms with Crippen LogP contribution >= 0.6 is 11.6 Å². The van der Waals surface area contributed by atoms with Crippen molar-refractivity contribution in [1.82, 2.24) is 10.3 Å². The Bertz CT molecular complexity index is 507. The van der Waals surface area contributed by atoms with Gasteiger partial charge in [0.05, 0.1) is 25.2 Å². The topological polar surface area (TPSA) is 68.5 Å². The number of nitrogens with one attached hydrogen (secondary N) is 1. The lowest BCUT2D eigenvalue weighted by molar-refractivity contribution is 0.201. The number of hydrogen-bond donors (Lipinski definition) is 1. The van der Waals surface area contributed by atoms with Gasteiger partial charge in [0.15, 0.2) is 0 Å². The maximum Gasteiger partial charge on any atom is 0.337 e. The van der Waals surface area contributed by atoms with E-state index in [0.29, 0.717) is 11.6 Å². The third kappa shape index (κ3) is 6.77. The van der Waals surface area contributed by atoms with E-state index in [9.17, 15) is 4.79 Å². The van der Waals surface area contributed by atoms with Crippen molar-refractivity contribution in [3.8, 4) is 6.07 Å². The Morgan fingerprint density at radius 3 is 2.81 bits per heavy atom. The summed E-state index contributed by atoms with van der Waals surface area (Å²) in [6.07, 6.45) is 3.73. The standard InChI is InChI=1S/C15H19ClN4O/c1-2-3-10-18-15(21)20(11-4-9-17)19-12-13-5-7-14(16)8-6-13/h5-8,12H,2-4,10-11H2,1H3,(H,18,21)/b19-12+. The normalized spacial score (nSPS) is 10.3. The summed E-state index contributed by atoms with van der Waals surface area (Å²) in [5, 5.41) is 17.5. The number of urea groups is 1. The quantitative estimate of drug-likeness (QED) is 0.476. The van der Waals surface area contributed by atoms with Crippen LogP contribution in [-0.2, 0) is 0 Å². The molecule has 6 heteroatoms. The van der Waals surface area contributed by atoms with E-state index in [4.69, 9.17) is 16.9 Å². The van der Waals surface area contributed by atoms with E-state index in [-0.39, 0.29) is 19.0 Å². The van der Waals surface area contributed by atoms with Gasteiger partial charge in [-0.15, -0.1) is 0 Å². The molecule has 0 aromatic heterocycles. The molecule has 0 spiro atoms. The third-order valence-electron chi connectivity index (χ3n) is 2.69. The van der Waals surface area contributed by atoms with Gasteiger partial charge in [-0.1, -0.05) is 37.1 Å². The van der Waals surface area contributed by atoms with E-state index in [2.05, 4.69) is 17.3 Å². The maximum atomic E-state index is 12.0. The summed E-state index contributed by atoms with van der Waals surface area (Å²) in [5.41, 5.74) is 0.836. The fourth-order valence-electron chi connectivity index (χ4n) is 1.52. The predicted molar refractivity (Wildman–Crippen MR) is 84.3 cm³/mol. The first-order valence-electron chi connectivity index (χ1n) is 6.89. The Balaban J connectivity index is 2.66. The lowest BCUT2D eigenvalue weighted by Gasteiger charge is -2.16. The Morgan fingerprint density at radius 1 is 1.48 bits per heavy atom. The minimum atomic E-state index is -0.288. The molecule has 0 heterocycles. The summed E-state index contributed by atoms with van der Waals surface area (Å²) in [7, 11) is 0. The first kappa shape index (κ1) is 17.0. The van der Waals surface area contributed by atoms with Gasteiger partial charge in [-0.25, -0.2) is 9.80 Å². The highest BCUT2D eigenvalue weighted by Gasteiger charge is 2.10. The van der Waals surface area contributed by atoms with Gasteiger partial charge in [0, 0.05) is 11.6 Å². The maximum absolute atomic E-state index is 12.0. The summed E-state index contributed by atoms with van der Waals surface area (Å²) < 4.78 is 0. The highest BCUT2D eigenvalue weighted by Crippen LogP contribution is 2.08. The summed E-state index contributed by atoms with van der Waals surface area (Å²) in [4.78, 5) is 12.0. The van der Waals surface area contributed by atoms with Crippen molar-refractivity contribution >= 4 is 23.8 Å². The van der Waals surface area contributed by atoms with Crippen LogP contribution in [0.3, 0.4) is 0 Å². The van der Waals surface area contributed by atoms with E-state index in [1.165, 1.54) is 5.01 Å². The molecule has 5 nitrogen and oxygen atoms in total. The van der Waals surface area contributed by atoms with Crippen LogP contribution in [0.25, 0.3) is 0 Å². The minimum Gasteiger partial charge on any atom is -0.336 e. The van der Waals surface area contributed by atoms with Crippen LogP contribution in [0.2, 0.25) is 5.02 Å². The van der Waals surface area contributed by atoms with E-state index in [1.807, 2.05) is 18.2 Å². The number of unbranched alkanes of at least 4 members (excludes halogenated alkanes) is 1. The summed E-state index contributed by atoms with van der Waals surface area (Å²) in [5.74, 6) is 0. The Kier molecular flexibility index (Phi) is 7.92. The number of rotatable bonds is 7. The van der Waals surface area contributed by atoms with Crippen LogP contribution in [0.4, 0.5) is 4.79 Å². The van der Waals surface area contributed by atoms with E-state index in [1.54, 1.807) is 18.3 Å². The van der Waals surface area contributed by atoms with Crippen molar-refractivity contribution in [3.05, 3.63) is 34.9 Å². The molecule has 0 bridgehead atoms. The van der Waals surface area contributed by atoms with E-state index in [0.717, 1.165) is 18.4 Å². The van der Waals surface area contributed by atoms with Gasteiger partial charge in [-0.2, -0.15) is 10.4 Å². The molecule has 0 radical (unpaired) electrons. The average molecular weight is 307 g/mol. The van der Waals surface area contributed by atoms with Crippen molar-refractivity contribution < 1.29 is 4.79 Å². The van der Waals surface area contributed by atoms with Crippen LogP contribution in [0.1, 0.15) is 31.7 Å². The van der Waals surface area contributed by atoms with Crippen LogP contribution in [0, 0.1) is 11.3 Å². The van der Waals surface area contributed by atoms with E-state index < -0.39 is 0 Å². The molecule has 0 atom stereocenters. The van der Waals surface area contributed by atoms with Crippen LogP contribution in [0.15, 0.2) is 29.4 Å². The number of hydrazone groups is 1. The first-order valence-corrected chi connectivity index (χ1v) is 7.27. The number of nitriles is 1. The molecular weight excluding hydrogens is 288 g/mol. The molecule has 1 rings (SSSR count). The second kappa shape index (κ2) is 9.78. The molecule has 1 aromatic carbocycles. The van der Waals surface area contributed by atoms with Gasteiger partial charge in [0.25, 0.3) is 0 Å². The second-order valence-electron chi connectivity index (χ2n) is 4.41. The molecule has 0 aliphatic rings. The highest BCUT2D eigenvalue weighted by molar-refractivity contribution is 6.30. The smallest absolute Gasteiger partial charge is 0.336 e. The summed E-state index contributed by atoms with van der Waals surface area (Å²) in [6.45, 7) is 2.92. The molecule has 0 aliphatic heterocycles. The molecule has 0 aliphatic carbocycles. The number of nitrogens with zero attached hydrogens (tertiary/aromatic N) is 3. The lowest BCUT2D eigenvalue weighted by atomic mass is 10.2. The molecule has 0 fully saturated rings. The van der Waals surface area contributed by atoms with Crippen LogP contribution in [0.5, 0.6) is 0 Å². The van der Waals surface area contributed by atoms with Gasteiger partial charge in [0.2, 0.25) is 0 Å². The molecule has 1 N–H and O–H groups in total. The molecule has 0 saturated carbocycles. The van der Waals surface area contributed by atoms with Gasteiger partial charge >= 0.3 is 6.03 Å². The number of benzene rings is 1. The monoisotopic (exact) mass is 306 g/mol. The van der Waals surface area contributed by atoms with Crippen molar-refractivity contribution in [2.75, 3.05) is 13.1 Å². The average Bonchev–Trinajstić information content (AvgIpc) is 2.49. The number of hydrogen-bond acceptors (Lipinski definition) is 3. The van der Waals surface area contributed by atoms with Crippen LogP contribution in [-0.4, -0.2) is 30.3 Å².